The van der Waals surface area contributed by atoms with Crippen LogP contribution in [0.5, 0.6) is 11.5 Å². The minimum Gasteiger partial charge on any atom is -0.494 e. The van der Waals surface area contributed by atoms with Gasteiger partial charge in [-0.15, -0.1) is 32.9 Å². The number of carbonyl (C=O) groups is 2. The van der Waals surface area contributed by atoms with Crippen LogP contribution in [-0.2, 0) is 27.4 Å². The van der Waals surface area contributed by atoms with E-state index < -0.39 is 6.04 Å². The molecule has 276 valence electrons. The number of benzene rings is 2. The smallest absolute Gasteiger partial charge is 0.243 e. The zero-order chi connectivity index (χ0) is 36.9. The Kier molecular flexibility index (Phi) is 11.3. The van der Waals surface area contributed by atoms with E-state index in [1.807, 2.05) is 49.7 Å². The van der Waals surface area contributed by atoms with Crippen LogP contribution in [0.3, 0.4) is 0 Å². The van der Waals surface area contributed by atoms with E-state index in [0.29, 0.717) is 58.2 Å². The Labute approximate surface area is 316 Å². The van der Waals surface area contributed by atoms with Crippen molar-refractivity contribution in [2.24, 2.45) is 4.99 Å². The van der Waals surface area contributed by atoms with Gasteiger partial charge in [-0.2, -0.15) is 0 Å². The number of carbonyl (C=O) groups excluding carboxylic acids is 2. The minimum absolute atomic E-state index is 0.150. The van der Waals surface area contributed by atoms with Crippen LogP contribution in [-0.4, -0.2) is 81.7 Å². The SMILES string of the molecule is Cc1ncsc1-c1ccc(CNC(=O)C2CCCN2C=O)c(OCCOCCCOc2ccc(C3=NCc4nnc(C)n4-c4sc(C)c(C)c43)cc2)c1. The number of amides is 2. The monoisotopic (exact) mass is 753 g/mol. The van der Waals surface area contributed by atoms with Crippen molar-refractivity contribution >= 4 is 40.7 Å². The standard InChI is InChI=1S/C39H43N7O5S2/c1-24-26(3)53-39-35(24)36(40-21-34-44-43-27(4)46(34)39)28-10-12-31(13-11-28)50-16-6-15-49-17-18-51-33-19-29(37-25(2)42-22-52-37)8-9-30(33)20-41-38(48)32-7-5-14-45(32)23-47/h8-13,19,22-23,32H,5-7,14-18,20-21H2,1-4H3,(H,41,48). The molecule has 2 aromatic carbocycles. The molecule has 3 aromatic heterocycles. The van der Waals surface area contributed by atoms with Gasteiger partial charge in [-0.05, 0) is 82.0 Å². The third kappa shape index (κ3) is 7.90. The van der Waals surface area contributed by atoms with E-state index in [1.54, 1.807) is 27.6 Å². The van der Waals surface area contributed by atoms with Gasteiger partial charge in [0.05, 0.1) is 35.0 Å². The van der Waals surface area contributed by atoms with E-state index in [1.165, 1.54) is 10.4 Å². The maximum atomic E-state index is 12.9. The summed E-state index contributed by atoms with van der Waals surface area (Å²) in [6.45, 7) is 11.4. The maximum Gasteiger partial charge on any atom is 0.243 e. The van der Waals surface area contributed by atoms with E-state index in [0.717, 1.165) is 80.2 Å². The number of hydrogen-bond acceptors (Lipinski definition) is 11. The van der Waals surface area contributed by atoms with Crippen molar-refractivity contribution in [1.29, 1.82) is 0 Å². The van der Waals surface area contributed by atoms with Gasteiger partial charge in [0, 0.05) is 47.7 Å². The molecule has 0 spiro atoms. The molecule has 7 rings (SSSR count). The number of hydrogen-bond donors (Lipinski definition) is 1. The van der Waals surface area contributed by atoms with E-state index >= 15 is 0 Å². The summed E-state index contributed by atoms with van der Waals surface area (Å²) in [5.74, 6) is 3.04. The molecule has 0 saturated carbocycles. The van der Waals surface area contributed by atoms with E-state index in [-0.39, 0.29) is 5.91 Å². The third-order valence-electron chi connectivity index (χ3n) is 9.65. The summed E-state index contributed by atoms with van der Waals surface area (Å²) in [6, 6.07) is 13.7. The van der Waals surface area contributed by atoms with E-state index in [2.05, 4.69) is 51.0 Å². The van der Waals surface area contributed by atoms with Crippen LogP contribution >= 0.6 is 22.7 Å². The summed E-state index contributed by atoms with van der Waals surface area (Å²) in [5.41, 5.74) is 9.02. The maximum absolute atomic E-state index is 12.9. The van der Waals surface area contributed by atoms with Crippen LogP contribution in [0.1, 0.15) is 63.7 Å². The lowest BCUT2D eigenvalue weighted by atomic mass is 10.00. The number of thiophene rings is 1. The number of aromatic nitrogens is 4. The quantitative estimate of drug-likeness (QED) is 0.0997. The fraction of sp³-hybridized carbons (Fsp3) is 0.385. The predicted molar refractivity (Wildman–Crippen MR) is 206 cm³/mol. The summed E-state index contributed by atoms with van der Waals surface area (Å²) in [7, 11) is 0. The van der Waals surface area contributed by atoms with E-state index in [9.17, 15) is 9.59 Å². The zero-order valence-corrected chi connectivity index (χ0v) is 32.0. The number of thiazole rings is 1. The first-order chi connectivity index (χ1) is 25.8. The van der Waals surface area contributed by atoms with Gasteiger partial charge in [-0.25, -0.2) is 4.98 Å². The number of aliphatic imine (C=N–C) groups is 1. The van der Waals surface area contributed by atoms with Gasteiger partial charge in [0.15, 0.2) is 5.82 Å². The third-order valence-corrected chi connectivity index (χ3v) is 11.8. The number of fused-ring (bicyclic) bond motifs is 3. The molecule has 0 aliphatic carbocycles. The normalized spacial score (nSPS) is 15.1. The molecule has 12 nitrogen and oxygen atoms in total. The summed E-state index contributed by atoms with van der Waals surface area (Å²) >= 11 is 3.33. The van der Waals surface area contributed by atoms with Crippen LogP contribution in [0.2, 0.25) is 0 Å². The Hall–Kier alpha value is -4.92. The van der Waals surface area contributed by atoms with Crippen molar-refractivity contribution in [2.45, 2.75) is 66.1 Å². The molecule has 2 amide bonds. The molecule has 1 saturated heterocycles. The van der Waals surface area contributed by atoms with Crippen LogP contribution in [0.4, 0.5) is 0 Å². The van der Waals surface area contributed by atoms with Crippen molar-refractivity contribution < 1.29 is 23.8 Å². The largest absolute Gasteiger partial charge is 0.494 e. The average Bonchev–Trinajstić information content (AvgIpc) is 3.95. The second-order valence-corrected chi connectivity index (χ2v) is 15.2. The Bertz CT molecular complexity index is 2120. The van der Waals surface area contributed by atoms with Crippen molar-refractivity contribution in [2.75, 3.05) is 33.0 Å². The van der Waals surface area contributed by atoms with Gasteiger partial charge in [-0.1, -0.05) is 12.1 Å². The number of rotatable bonds is 15. The van der Waals surface area contributed by atoms with Crippen LogP contribution in [0.25, 0.3) is 15.4 Å². The number of likely N-dealkylation sites (tertiary alicyclic amines) is 1. The highest BCUT2D eigenvalue weighted by Gasteiger charge is 2.30. The highest BCUT2D eigenvalue weighted by molar-refractivity contribution is 7.15. The van der Waals surface area contributed by atoms with Crippen molar-refractivity contribution in [1.82, 2.24) is 30.0 Å². The summed E-state index contributed by atoms with van der Waals surface area (Å²) < 4.78 is 20.3. The molecule has 2 aliphatic rings. The lowest BCUT2D eigenvalue weighted by molar-refractivity contribution is -0.131. The Balaban J connectivity index is 0.889. The zero-order valence-electron chi connectivity index (χ0n) is 30.4. The lowest BCUT2D eigenvalue weighted by Crippen LogP contribution is -2.42. The molecule has 0 bridgehead atoms. The first-order valence-corrected chi connectivity index (χ1v) is 19.5. The summed E-state index contributed by atoms with van der Waals surface area (Å²) in [4.78, 5) is 37.5. The second kappa shape index (κ2) is 16.4. The number of aryl methyl sites for hydroxylation is 3. The molecule has 0 radical (unpaired) electrons. The summed E-state index contributed by atoms with van der Waals surface area (Å²) in [5, 5.41) is 12.8. The predicted octanol–water partition coefficient (Wildman–Crippen LogP) is 6.14. The molecule has 1 atom stereocenters. The molecule has 1 N–H and O–H groups in total. The van der Waals surface area contributed by atoms with Gasteiger partial charge in [0.1, 0.15) is 41.5 Å². The minimum atomic E-state index is -0.424. The van der Waals surface area contributed by atoms with Crippen molar-refractivity contribution in [3.05, 3.63) is 92.4 Å². The molecular formula is C39H43N7O5S2. The number of nitrogens with zero attached hydrogens (tertiary/aromatic N) is 6. The van der Waals surface area contributed by atoms with Crippen molar-refractivity contribution in [3.63, 3.8) is 0 Å². The fourth-order valence-electron chi connectivity index (χ4n) is 6.71. The molecular weight excluding hydrogens is 711 g/mol. The van der Waals surface area contributed by atoms with Gasteiger partial charge in [0.25, 0.3) is 0 Å². The van der Waals surface area contributed by atoms with E-state index in [4.69, 9.17) is 19.2 Å². The lowest BCUT2D eigenvalue weighted by Gasteiger charge is -2.20. The first-order valence-electron chi connectivity index (χ1n) is 17.8. The molecule has 5 heterocycles. The van der Waals surface area contributed by atoms with Gasteiger partial charge < -0.3 is 24.4 Å². The highest BCUT2D eigenvalue weighted by atomic mass is 32.1. The van der Waals surface area contributed by atoms with Gasteiger partial charge >= 0.3 is 0 Å². The Morgan fingerprint density at radius 2 is 1.83 bits per heavy atom. The van der Waals surface area contributed by atoms with Crippen LogP contribution in [0, 0.1) is 27.7 Å². The molecule has 1 unspecified atom stereocenters. The Morgan fingerprint density at radius 3 is 2.62 bits per heavy atom. The number of nitrogens with one attached hydrogen (secondary N) is 1. The summed E-state index contributed by atoms with van der Waals surface area (Å²) in [6.07, 6.45) is 2.98. The first kappa shape index (κ1) is 36.4. The fourth-order valence-corrected chi connectivity index (χ4v) is 8.74. The van der Waals surface area contributed by atoms with Gasteiger partial charge in [0.2, 0.25) is 12.3 Å². The second-order valence-electron chi connectivity index (χ2n) is 13.1. The van der Waals surface area contributed by atoms with Crippen molar-refractivity contribution in [3.8, 4) is 26.9 Å². The average molecular weight is 754 g/mol. The molecule has 1 fully saturated rings. The van der Waals surface area contributed by atoms with Crippen LogP contribution in [0.15, 0.2) is 53.0 Å². The molecule has 53 heavy (non-hydrogen) atoms. The molecule has 5 aromatic rings. The molecule has 14 heteroatoms. The Morgan fingerprint density at radius 1 is 1.00 bits per heavy atom. The van der Waals surface area contributed by atoms with Gasteiger partial charge in [-0.3, -0.25) is 19.1 Å². The number of ether oxygens (including phenoxy) is 3. The molecule has 2 aliphatic heterocycles. The highest BCUT2D eigenvalue weighted by Crippen LogP contribution is 2.36. The topological polar surface area (TPSA) is 133 Å². The van der Waals surface area contributed by atoms with Crippen LogP contribution < -0.4 is 14.8 Å².